The van der Waals surface area contributed by atoms with Gasteiger partial charge in [-0.2, -0.15) is 11.8 Å². The Morgan fingerprint density at radius 3 is 2.58 bits per heavy atom. The van der Waals surface area contributed by atoms with Gasteiger partial charge in [-0.25, -0.2) is 0 Å². The Balaban J connectivity index is 3.02. The fourth-order valence-corrected chi connectivity index (χ4v) is 2.08. The molecule has 0 aliphatic rings. The van der Waals surface area contributed by atoms with Crippen molar-refractivity contribution in [3.05, 3.63) is 0 Å². The highest BCUT2D eigenvalue weighted by Crippen LogP contribution is 2.16. The minimum absolute atomic E-state index is 0.811. The molecule has 0 saturated heterocycles. The molecule has 0 aromatic heterocycles. The summed E-state index contributed by atoms with van der Waals surface area (Å²) < 4.78 is 0. The Morgan fingerprint density at radius 1 is 1.25 bits per heavy atom. The van der Waals surface area contributed by atoms with Crippen LogP contribution in [-0.4, -0.2) is 17.5 Å². The number of rotatable bonds is 8. The minimum Gasteiger partial charge on any atom is -0.330 e. The molecule has 0 aromatic rings. The van der Waals surface area contributed by atoms with Crippen LogP contribution in [0.25, 0.3) is 0 Å². The summed E-state index contributed by atoms with van der Waals surface area (Å²) in [6.45, 7) is 5.39. The third-order valence-corrected chi connectivity index (χ3v) is 3.26. The van der Waals surface area contributed by atoms with E-state index in [1.807, 2.05) is 11.8 Å². The van der Waals surface area contributed by atoms with Crippen LogP contribution in [0.2, 0.25) is 0 Å². The quantitative estimate of drug-likeness (QED) is 0.594. The lowest BCUT2D eigenvalue weighted by atomic mass is 10.1. The second-order valence-electron chi connectivity index (χ2n) is 3.32. The molecule has 0 aromatic carbocycles. The molecule has 0 radical (unpaired) electrons. The zero-order valence-corrected chi connectivity index (χ0v) is 9.33. The van der Waals surface area contributed by atoms with Crippen molar-refractivity contribution in [2.24, 2.45) is 5.73 Å². The van der Waals surface area contributed by atoms with Crippen LogP contribution in [0.1, 0.15) is 46.0 Å². The molecule has 0 amide bonds. The van der Waals surface area contributed by atoms with Gasteiger partial charge in [0, 0.05) is 17.5 Å². The summed E-state index contributed by atoms with van der Waals surface area (Å²) >= 11 is 2.01. The van der Waals surface area contributed by atoms with E-state index in [0.29, 0.717) is 0 Å². The molecule has 74 valence electrons. The topological polar surface area (TPSA) is 26.0 Å². The molecule has 0 saturated carbocycles. The first kappa shape index (κ1) is 12.3. The van der Waals surface area contributed by atoms with E-state index < -0.39 is 0 Å². The van der Waals surface area contributed by atoms with Crippen molar-refractivity contribution in [2.75, 3.05) is 12.3 Å². The molecule has 0 heterocycles. The Labute approximate surface area is 81.5 Å². The highest BCUT2D eigenvalue weighted by molar-refractivity contribution is 7.99. The van der Waals surface area contributed by atoms with Gasteiger partial charge in [-0.1, -0.05) is 39.5 Å². The van der Waals surface area contributed by atoms with E-state index in [-0.39, 0.29) is 0 Å². The number of unbranched alkanes of at least 4 members (excludes halogenated alkanes) is 3. The van der Waals surface area contributed by atoms with E-state index in [1.54, 1.807) is 0 Å². The third kappa shape index (κ3) is 8.41. The second-order valence-corrected chi connectivity index (χ2v) is 4.87. The molecule has 0 bridgehead atoms. The summed E-state index contributed by atoms with van der Waals surface area (Å²) in [5.74, 6) is 1.12. The maximum Gasteiger partial charge on any atom is 0.00585 e. The Bertz CT molecular complexity index is 85.9. The molecule has 0 fully saturated rings. The second kappa shape index (κ2) is 9.40. The normalized spacial score (nSPS) is 13.2. The van der Waals surface area contributed by atoms with E-state index in [1.165, 1.54) is 32.1 Å². The number of nitrogens with two attached hydrogens (primary N) is 1. The molecule has 1 atom stereocenters. The smallest absolute Gasteiger partial charge is 0.00585 e. The fourth-order valence-electron chi connectivity index (χ4n) is 1.21. The van der Waals surface area contributed by atoms with Gasteiger partial charge in [-0.05, 0) is 6.42 Å². The van der Waals surface area contributed by atoms with Crippen LogP contribution in [-0.2, 0) is 0 Å². The van der Waals surface area contributed by atoms with Crippen LogP contribution in [0.4, 0.5) is 0 Å². The van der Waals surface area contributed by atoms with Crippen molar-refractivity contribution < 1.29 is 0 Å². The Kier molecular flexibility index (Phi) is 9.64. The Hall–Kier alpha value is 0.310. The van der Waals surface area contributed by atoms with Gasteiger partial charge in [0.05, 0.1) is 0 Å². The standard InChI is InChI=1S/C10H23NS/c1-3-4-5-6-7-10(2)12-9-8-11/h10H,3-9,11H2,1-2H3. The molecular formula is C10H23NS. The molecule has 2 heteroatoms. The van der Waals surface area contributed by atoms with Gasteiger partial charge < -0.3 is 5.73 Å². The highest BCUT2D eigenvalue weighted by Gasteiger charge is 2.00. The van der Waals surface area contributed by atoms with Gasteiger partial charge in [-0.3, -0.25) is 0 Å². The molecule has 0 aliphatic carbocycles. The highest BCUT2D eigenvalue weighted by atomic mass is 32.2. The van der Waals surface area contributed by atoms with Gasteiger partial charge >= 0.3 is 0 Å². The molecular weight excluding hydrogens is 166 g/mol. The fraction of sp³-hybridized carbons (Fsp3) is 1.00. The zero-order chi connectivity index (χ0) is 9.23. The molecule has 0 spiro atoms. The SMILES string of the molecule is CCCCCCC(C)SCCN. The van der Waals surface area contributed by atoms with Gasteiger partial charge in [0.15, 0.2) is 0 Å². The minimum atomic E-state index is 0.811. The van der Waals surface area contributed by atoms with E-state index in [9.17, 15) is 0 Å². The van der Waals surface area contributed by atoms with Gasteiger partial charge in [-0.15, -0.1) is 0 Å². The zero-order valence-electron chi connectivity index (χ0n) is 8.51. The van der Waals surface area contributed by atoms with Crippen LogP contribution in [0.5, 0.6) is 0 Å². The first-order valence-electron chi connectivity index (χ1n) is 5.13. The van der Waals surface area contributed by atoms with Crippen LogP contribution in [0.3, 0.4) is 0 Å². The first-order chi connectivity index (χ1) is 5.81. The predicted octanol–water partition coefficient (Wildman–Crippen LogP) is 3.04. The van der Waals surface area contributed by atoms with Crippen molar-refractivity contribution in [3.8, 4) is 0 Å². The summed E-state index contributed by atoms with van der Waals surface area (Å²) in [6, 6.07) is 0. The van der Waals surface area contributed by atoms with Crippen molar-refractivity contribution in [1.29, 1.82) is 0 Å². The number of thioether (sulfide) groups is 1. The van der Waals surface area contributed by atoms with E-state index in [2.05, 4.69) is 13.8 Å². The van der Waals surface area contributed by atoms with Crippen molar-refractivity contribution in [1.82, 2.24) is 0 Å². The summed E-state index contributed by atoms with van der Waals surface area (Å²) in [6.07, 6.45) is 6.90. The summed E-state index contributed by atoms with van der Waals surface area (Å²) in [4.78, 5) is 0. The van der Waals surface area contributed by atoms with Gasteiger partial charge in [0.1, 0.15) is 0 Å². The lowest BCUT2D eigenvalue weighted by Crippen LogP contribution is -2.05. The lowest BCUT2D eigenvalue weighted by molar-refractivity contribution is 0.630. The predicted molar refractivity (Wildman–Crippen MR) is 59.7 cm³/mol. The first-order valence-corrected chi connectivity index (χ1v) is 6.17. The number of hydrogen-bond donors (Lipinski definition) is 1. The monoisotopic (exact) mass is 189 g/mol. The molecule has 1 nitrogen and oxygen atoms in total. The van der Waals surface area contributed by atoms with Crippen molar-refractivity contribution >= 4 is 11.8 Å². The van der Waals surface area contributed by atoms with Gasteiger partial charge in [0.25, 0.3) is 0 Å². The molecule has 0 rings (SSSR count). The lowest BCUT2D eigenvalue weighted by Gasteiger charge is -2.09. The molecule has 1 unspecified atom stereocenters. The van der Waals surface area contributed by atoms with Crippen LogP contribution in [0.15, 0.2) is 0 Å². The van der Waals surface area contributed by atoms with Crippen LogP contribution >= 0.6 is 11.8 Å². The Morgan fingerprint density at radius 2 is 2.00 bits per heavy atom. The van der Waals surface area contributed by atoms with Crippen LogP contribution < -0.4 is 5.73 Å². The molecule has 0 aliphatic heterocycles. The third-order valence-electron chi connectivity index (χ3n) is 1.98. The molecule has 12 heavy (non-hydrogen) atoms. The van der Waals surface area contributed by atoms with E-state index in [4.69, 9.17) is 5.73 Å². The maximum atomic E-state index is 5.43. The van der Waals surface area contributed by atoms with E-state index >= 15 is 0 Å². The van der Waals surface area contributed by atoms with Crippen molar-refractivity contribution in [3.63, 3.8) is 0 Å². The largest absolute Gasteiger partial charge is 0.330 e. The van der Waals surface area contributed by atoms with Crippen molar-refractivity contribution in [2.45, 2.75) is 51.2 Å². The maximum absolute atomic E-state index is 5.43. The van der Waals surface area contributed by atoms with E-state index in [0.717, 1.165) is 17.5 Å². The average molecular weight is 189 g/mol. The molecule has 2 N–H and O–H groups in total. The van der Waals surface area contributed by atoms with Crippen LogP contribution in [0, 0.1) is 0 Å². The average Bonchev–Trinajstić information content (AvgIpc) is 2.09. The summed E-state index contributed by atoms with van der Waals surface area (Å²) in [5.41, 5.74) is 5.43. The summed E-state index contributed by atoms with van der Waals surface area (Å²) in [5, 5.41) is 0.811. The summed E-state index contributed by atoms with van der Waals surface area (Å²) in [7, 11) is 0. The number of hydrogen-bond acceptors (Lipinski definition) is 2. The van der Waals surface area contributed by atoms with Gasteiger partial charge in [0.2, 0.25) is 0 Å².